The van der Waals surface area contributed by atoms with E-state index in [0.29, 0.717) is 29.5 Å². The summed E-state index contributed by atoms with van der Waals surface area (Å²) in [5, 5.41) is 15.0. The highest BCUT2D eigenvalue weighted by atomic mass is 32.1. The van der Waals surface area contributed by atoms with Gasteiger partial charge in [0.15, 0.2) is 5.43 Å². The van der Waals surface area contributed by atoms with Crippen molar-refractivity contribution in [3.8, 4) is 0 Å². The van der Waals surface area contributed by atoms with E-state index in [1.54, 1.807) is 17.4 Å². The van der Waals surface area contributed by atoms with Crippen molar-refractivity contribution in [2.75, 3.05) is 31.2 Å². The molecule has 5 heteroatoms. The van der Waals surface area contributed by atoms with E-state index in [9.17, 15) is 10.0 Å². The third kappa shape index (κ3) is 3.40. The van der Waals surface area contributed by atoms with E-state index < -0.39 is 0 Å². The van der Waals surface area contributed by atoms with Crippen LogP contribution in [0.3, 0.4) is 0 Å². The van der Waals surface area contributed by atoms with Crippen LogP contribution in [0.25, 0.3) is 20.2 Å². The third-order valence-electron chi connectivity index (χ3n) is 4.69. The molecular formula is C20H23N2O2S-. The maximum atomic E-state index is 13.0. The number of fused-ring (bicyclic) bond motifs is 2. The second kappa shape index (κ2) is 7.52. The molecule has 0 N–H and O–H groups in total. The predicted molar refractivity (Wildman–Crippen MR) is 109 cm³/mol. The van der Waals surface area contributed by atoms with E-state index in [4.69, 9.17) is 0 Å². The summed E-state index contributed by atoms with van der Waals surface area (Å²) in [7, 11) is 0. The first-order valence-corrected chi connectivity index (χ1v) is 9.50. The first-order chi connectivity index (χ1) is 12.1. The fourth-order valence-corrected chi connectivity index (χ4v) is 4.28. The molecule has 0 aliphatic heterocycles. The lowest BCUT2D eigenvalue weighted by molar-refractivity contribution is 0.312. The topological polar surface area (TPSA) is 46.6 Å². The number of rotatable bonds is 6. The van der Waals surface area contributed by atoms with Crippen molar-refractivity contribution in [3.63, 3.8) is 0 Å². The smallest absolute Gasteiger partial charge is 0.197 e. The first kappa shape index (κ1) is 17.9. The maximum Gasteiger partial charge on any atom is 0.197 e. The van der Waals surface area contributed by atoms with Gasteiger partial charge in [-0.25, -0.2) is 0 Å². The molecule has 0 aliphatic rings. The average Bonchev–Trinajstić information content (AvgIpc) is 2.63. The molecule has 132 valence electrons. The Morgan fingerprint density at radius 3 is 2.48 bits per heavy atom. The summed E-state index contributed by atoms with van der Waals surface area (Å²) in [6.45, 7) is 9.04. The van der Waals surface area contributed by atoms with Gasteiger partial charge in [0.1, 0.15) is 0 Å². The number of hydroxylamine groups is 1. The van der Waals surface area contributed by atoms with E-state index in [1.807, 2.05) is 37.3 Å². The summed E-state index contributed by atoms with van der Waals surface area (Å²) >= 11 is 1.58. The van der Waals surface area contributed by atoms with Gasteiger partial charge in [-0.1, -0.05) is 32.0 Å². The summed E-state index contributed by atoms with van der Waals surface area (Å²) in [4.78, 5) is 15.3. The van der Waals surface area contributed by atoms with E-state index in [1.165, 1.54) is 0 Å². The minimum Gasteiger partial charge on any atom is -0.758 e. The monoisotopic (exact) mass is 355 g/mol. The molecule has 0 aliphatic carbocycles. The van der Waals surface area contributed by atoms with Gasteiger partial charge in [-0.2, -0.15) is 0 Å². The van der Waals surface area contributed by atoms with Crippen LogP contribution in [0.1, 0.15) is 19.4 Å². The Kier molecular flexibility index (Phi) is 5.37. The highest BCUT2D eigenvalue weighted by Gasteiger charge is 2.13. The molecule has 3 aromatic rings. The Morgan fingerprint density at radius 1 is 1.04 bits per heavy atom. The van der Waals surface area contributed by atoms with Gasteiger partial charge < -0.3 is 15.2 Å². The van der Waals surface area contributed by atoms with Gasteiger partial charge in [-0.15, -0.1) is 11.3 Å². The quantitative estimate of drug-likeness (QED) is 0.487. The molecular weight excluding hydrogens is 332 g/mol. The Hall–Kier alpha value is -1.95. The zero-order chi connectivity index (χ0) is 18.0. The number of likely N-dealkylation sites (N-methyl/N-ethyl adjacent to an activating group) is 1. The SMILES string of the molecule is CCN(CC)CCN([O-])c1ccc(C)c2sc3ccccc3c(=O)c12. The van der Waals surface area contributed by atoms with Gasteiger partial charge in [0, 0.05) is 33.6 Å². The van der Waals surface area contributed by atoms with Crippen LogP contribution in [-0.2, 0) is 0 Å². The fraction of sp³-hybridized carbons (Fsp3) is 0.350. The van der Waals surface area contributed by atoms with E-state index in [-0.39, 0.29) is 5.43 Å². The van der Waals surface area contributed by atoms with E-state index in [0.717, 1.165) is 33.1 Å². The second-order valence-electron chi connectivity index (χ2n) is 6.16. The van der Waals surface area contributed by atoms with Crippen LogP contribution in [0.5, 0.6) is 0 Å². The van der Waals surface area contributed by atoms with Crippen molar-refractivity contribution in [2.45, 2.75) is 20.8 Å². The average molecular weight is 355 g/mol. The van der Waals surface area contributed by atoms with Crippen LogP contribution in [0.15, 0.2) is 41.2 Å². The zero-order valence-electron chi connectivity index (χ0n) is 14.9. The van der Waals surface area contributed by atoms with Gasteiger partial charge in [0.2, 0.25) is 0 Å². The summed E-state index contributed by atoms with van der Waals surface area (Å²) in [6.07, 6.45) is 0. The maximum absolute atomic E-state index is 13.0. The first-order valence-electron chi connectivity index (χ1n) is 8.69. The van der Waals surface area contributed by atoms with Crippen molar-refractivity contribution in [1.82, 2.24) is 4.90 Å². The molecule has 0 amide bonds. The summed E-state index contributed by atoms with van der Waals surface area (Å²) in [5.41, 5.74) is 1.47. The summed E-state index contributed by atoms with van der Waals surface area (Å²) in [5.74, 6) is 0. The molecule has 0 radical (unpaired) electrons. The van der Waals surface area contributed by atoms with Crippen LogP contribution >= 0.6 is 11.3 Å². The molecule has 0 fully saturated rings. The largest absolute Gasteiger partial charge is 0.758 e. The van der Waals surface area contributed by atoms with Gasteiger partial charge >= 0.3 is 0 Å². The zero-order valence-corrected chi connectivity index (χ0v) is 15.7. The Bertz CT molecular complexity index is 947. The highest BCUT2D eigenvalue weighted by Crippen LogP contribution is 2.33. The molecule has 1 heterocycles. The lowest BCUT2D eigenvalue weighted by Crippen LogP contribution is -2.32. The van der Waals surface area contributed by atoms with Crippen LogP contribution < -0.4 is 10.5 Å². The summed E-state index contributed by atoms with van der Waals surface area (Å²) in [6, 6.07) is 11.3. The summed E-state index contributed by atoms with van der Waals surface area (Å²) < 4.78 is 1.87. The fourth-order valence-electron chi connectivity index (χ4n) is 3.12. The molecule has 4 nitrogen and oxygen atoms in total. The van der Waals surface area contributed by atoms with E-state index in [2.05, 4.69) is 18.7 Å². The van der Waals surface area contributed by atoms with Crippen LogP contribution in [0, 0.1) is 12.1 Å². The van der Waals surface area contributed by atoms with Gasteiger partial charge in [-0.05, 0) is 43.8 Å². The molecule has 0 atom stereocenters. The number of benzene rings is 2. The van der Waals surface area contributed by atoms with Crippen molar-refractivity contribution < 1.29 is 0 Å². The molecule has 2 aromatic carbocycles. The van der Waals surface area contributed by atoms with Gasteiger partial charge in [-0.3, -0.25) is 4.79 Å². The highest BCUT2D eigenvalue weighted by molar-refractivity contribution is 7.24. The molecule has 0 bridgehead atoms. The number of hydrogen-bond donors (Lipinski definition) is 0. The van der Waals surface area contributed by atoms with Crippen molar-refractivity contribution in [1.29, 1.82) is 0 Å². The van der Waals surface area contributed by atoms with Crippen molar-refractivity contribution in [2.24, 2.45) is 0 Å². The molecule has 0 saturated heterocycles. The third-order valence-corrected chi connectivity index (χ3v) is 5.99. The van der Waals surface area contributed by atoms with Crippen LogP contribution in [0.2, 0.25) is 0 Å². The van der Waals surface area contributed by atoms with Crippen molar-refractivity contribution >= 4 is 37.2 Å². The molecule has 3 rings (SSSR count). The molecule has 1 aromatic heterocycles. The minimum absolute atomic E-state index is 0.0493. The Balaban J connectivity index is 2.11. The lowest BCUT2D eigenvalue weighted by Gasteiger charge is -2.34. The molecule has 0 saturated carbocycles. The predicted octanol–water partition coefficient (Wildman–Crippen LogP) is 4.37. The van der Waals surface area contributed by atoms with E-state index >= 15 is 0 Å². The molecule has 0 spiro atoms. The van der Waals surface area contributed by atoms with Crippen LogP contribution in [0.4, 0.5) is 5.69 Å². The molecule has 25 heavy (non-hydrogen) atoms. The standard InChI is InChI=1S/C20H23N2O2S/c1-4-21(5-2)12-13-22(24)16-11-10-14(3)20-18(16)19(23)15-8-6-7-9-17(15)25-20/h6-11H,4-5,12-13H2,1-3H3/q-1. The lowest BCUT2D eigenvalue weighted by atomic mass is 10.1. The minimum atomic E-state index is -0.0493. The number of aryl methyl sites for hydroxylation is 1. The van der Waals surface area contributed by atoms with Gasteiger partial charge in [0.05, 0.1) is 5.39 Å². The number of anilines is 1. The van der Waals surface area contributed by atoms with Crippen molar-refractivity contribution in [3.05, 3.63) is 57.4 Å². The molecule has 0 unspecified atom stereocenters. The van der Waals surface area contributed by atoms with Crippen LogP contribution in [-0.4, -0.2) is 31.1 Å². The second-order valence-corrected chi connectivity index (χ2v) is 7.21. The Morgan fingerprint density at radius 2 is 1.76 bits per heavy atom. The normalized spacial score (nSPS) is 11.6. The Labute approximate surface area is 151 Å². The number of nitrogens with zero attached hydrogens (tertiary/aromatic N) is 2. The van der Waals surface area contributed by atoms with Gasteiger partial charge in [0.25, 0.3) is 0 Å². The number of hydrogen-bond acceptors (Lipinski definition) is 5.